The minimum atomic E-state index is -1.30. The molecule has 3 N–H and O–H groups in total. The summed E-state index contributed by atoms with van der Waals surface area (Å²) in [6.45, 7) is 2.87. The lowest BCUT2D eigenvalue weighted by Crippen LogP contribution is -2.27. The van der Waals surface area contributed by atoms with Crippen molar-refractivity contribution in [3.05, 3.63) is 0 Å². The summed E-state index contributed by atoms with van der Waals surface area (Å²) in [6.07, 6.45) is -2.45. The Morgan fingerprint density at radius 2 is 1.94 bits per heavy atom. The van der Waals surface area contributed by atoms with E-state index in [9.17, 15) is 9.59 Å². The lowest BCUT2D eigenvalue weighted by atomic mass is 10.2. The van der Waals surface area contributed by atoms with Crippen LogP contribution in [0.4, 0.5) is 4.79 Å². The average Bonchev–Trinajstić information content (AvgIpc) is 2.16. The van der Waals surface area contributed by atoms with E-state index in [2.05, 4.69) is 14.2 Å². The summed E-state index contributed by atoms with van der Waals surface area (Å²) in [4.78, 5) is 21.8. The molecular formula is C9H17NO6. The number of rotatable bonds is 6. The van der Waals surface area contributed by atoms with Gasteiger partial charge in [0.15, 0.2) is 6.10 Å². The van der Waals surface area contributed by atoms with E-state index in [1.165, 1.54) is 0 Å². The molecule has 7 heteroatoms. The Balaban J connectivity index is 3.65. The first-order valence-corrected chi connectivity index (χ1v) is 4.85. The summed E-state index contributed by atoms with van der Waals surface area (Å²) in [5.74, 6) is -0.886. The molecule has 0 rings (SSSR count). The Bertz CT molecular complexity index is 230. The third kappa shape index (κ3) is 7.02. The van der Waals surface area contributed by atoms with Gasteiger partial charge < -0.3 is 25.1 Å². The van der Waals surface area contributed by atoms with Gasteiger partial charge in [0.2, 0.25) is 6.79 Å². The van der Waals surface area contributed by atoms with Crippen molar-refractivity contribution < 1.29 is 28.9 Å². The standard InChI is InChI=1S/C9H17NO6/c1-6(2)16-9(13)15-5-14-8(12)7(11)3-4-10/h6-7,11H,3-5,10H2,1-2H3. The fourth-order valence-corrected chi connectivity index (χ4v) is 0.734. The van der Waals surface area contributed by atoms with Crippen LogP contribution in [0.15, 0.2) is 0 Å². The van der Waals surface area contributed by atoms with Crippen LogP contribution in [0.3, 0.4) is 0 Å². The molecule has 0 saturated carbocycles. The van der Waals surface area contributed by atoms with Gasteiger partial charge in [0.05, 0.1) is 6.10 Å². The number of hydrogen-bond donors (Lipinski definition) is 2. The molecule has 0 aromatic rings. The zero-order valence-electron chi connectivity index (χ0n) is 9.34. The average molecular weight is 235 g/mol. The van der Waals surface area contributed by atoms with Crippen molar-refractivity contribution >= 4 is 12.1 Å². The zero-order chi connectivity index (χ0) is 12.6. The molecule has 0 aromatic carbocycles. The largest absolute Gasteiger partial charge is 0.511 e. The fraction of sp³-hybridized carbons (Fsp3) is 0.778. The second-order valence-electron chi connectivity index (χ2n) is 3.24. The minimum absolute atomic E-state index is 0.0925. The summed E-state index contributed by atoms with van der Waals surface area (Å²) < 4.78 is 13.5. The van der Waals surface area contributed by atoms with E-state index >= 15 is 0 Å². The van der Waals surface area contributed by atoms with E-state index in [4.69, 9.17) is 10.8 Å². The van der Waals surface area contributed by atoms with Crippen LogP contribution in [0.5, 0.6) is 0 Å². The summed E-state index contributed by atoms with van der Waals surface area (Å²) in [5.41, 5.74) is 5.13. The van der Waals surface area contributed by atoms with Crippen LogP contribution < -0.4 is 5.73 Å². The summed E-state index contributed by atoms with van der Waals surface area (Å²) in [7, 11) is 0. The van der Waals surface area contributed by atoms with E-state index < -0.39 is 25.0 Å². The molecule has 16 heavy (non-hydrogen) atoms. The second kappa shape index (κ2) is 7.89. The van der Waals surface area contributed by atoms with Crippen molar-refractivity contribution in [1.82, 2.24) is 0 Å². The highest BCUT2D eigenvalue weighted by atomic mass is 16.8. The van der Waals surface area contributed by atoms with Crippen molar-refractivity contribution in [2.24, 2.45) is 5.73 Å². The Morgan fingerprint density at radius 3 is 2.44 bits per heavy atom. The number of ether oxygens (including phenoxy) is 3. The van der Waals surface area contributed by atoms with Gasteiger partial charge in [-0.3, -0.25) is 0 Å². The Morgan fingerprint density at radius 1 is 1.31 bits per heavy atom. The number of aliphatic hydroxyl groups excluding tert-OH is 1. The van der Waals surface area contributed by atoms with Crippen LogP contribution >= 0.6 is 0 Å². The molecule has 0 aliphatic carbocycles. The van der Waals surface area contributed by atoms with Crippen LogP contribution in [-0.2, 0) is 19.0 Å². The van der Waals surface area contributed by atoms with Crippen molar-refractivity contribution in [3.8, 4) is 0 Å². The number of aliphatic hydroxyl groups is 1. The molecule has 0 heterocycles. The maximum absolute atomic E-state index is 11.0. The highest BCUT2D eigenvalue weighted by Gasteiger charge is 2.16. The van der Waals surface area contributed by atoms with E-state index in [1.54, 1.807) is 13.8 Å². The van der Waals surface area contributed by atoms with E-state index in [0.29, 0.717) is 0 Å². The van der Waals surface area contributed by atoms with Crippen molar-refractivity contribution in [2.45, 2.75) is 32.5 Å². The molecule has 0 bridgehead atoms. The molecule has 1 atom stereocenters. The van der Waals surface area contributed by atoms with Gasteiger partial charge in [0.1, 0.15) is 0 Å². The zero-order valence-corrected chi connectivity index (χ0v) is 9.34. The molecule has 0 spiro atoms. The van der Waals surface area contributed by atoms with Crippen LogP contribution in [0.1, 0.15) is 20.3 Å². The van der Waals surface area contributed by atoms with Gasteiger partial charge in [0, 0.05) is 0 Å². The normalized spacial score (nSPS) is 12.1. The van der Waals surface area contributed by atoms with Gasteiger partial charge in [-0.15, -0.1) is 0 Å². The summed E-state index contributed by atoms with van der Waals surface area (Å²) in [5, 5.41) is 9.10. The van der Waals surface area contributed by atoms with Crippen LogP contribution in [0, 0.1) is 0 Å². The van der Waals surface area contributed by atoms with Crippen molar-refractivity contribution in [2.75, 3.05) is 13.3 Å². The topological polar surface area (TPSA) is 108 Å². The third-order valence-corrected chi connectivity index (χ3v) is 1.42. The van der Waals surface area contributed by atoms with E-state index in [-0.39, 0.29) is 19.1 Å². The first-order valence-electron chi connectivity index (χ1n) is 4.85. The quantitative estimate of drug-likeness (QED) is 0.483. The molecule has 0 fully saturated rings. The number of carbonyl (C=O) groups excluding carboxylic acids is 2. The minimum Gasteiger partial charge on any atom is -0.431 e. The summed E-state index contributed by atoms with van der Waals surface area (Å²) in [6, 6.07) is 0. The molecule has 0 aromatic heterocycles. The van der Waals surface area contributed by atoms with Crippen LogP contribution in [-0.4, -0.2) is 42.8 Å². The number of carbonyl (C=O) groups is 2. The first kappa shape index (κ1) is 14.7. The van der Waals surface area contributed by atoms with E-state index in [1.807, 2.05) is 0 Å². The maximum Gasteiger partial charge on any atom is 0.511 e. The number of hydrogen-bond acceptors (Lipinski definition) is 7. The fourth-order valence-electron chi connectivity index (χ4n) is 0.734. The van der Waals surface area contributed by atoms with Gasteiger partial charge in [-0.2, -0.15) is 0 Å². The highest BCUT2D eigenvalue weighted by molar-refractivity contribution is 5.74. The van der Waals surface area contributed by atoms with Crippen LogP contribution in [0.2, 0.25) is 0 Å². The molecule has 0 radical (unpaired) electrons. The Hall–Kier alpha value is -1.34. The second-order valence-corrected chi connectivity index (χ2v) is 3.24. The highest BCUT2D eigenvalue weighted by Crippen LogP contribution is 1.96. The monoisotopic (exact) mass is 235 g/mol. The number of nitrogens with two attached hydrogens (primary N) is 1. The lowest BCUT2D eigenvalue weighted by Gasteiger charge is -2.11. The van der Waals surface area contributed by atoms with Gasteiger partial charge >= 0.3 is 12.1 Å². The summed E-state index contributed by atoms with van der Waals surface area (Å²) >= 11 is 0. The van der Waals surface area contributed by atoms with E-state index in [0.717, 1.165) is 0 Å². The molecule has 7 nitrogen and oxygen atoms in total. The number of esters is 1. The van der Waals surface area contributed by atoms with Crippen molar-refractivity contribution in [1.29, 1.82) is 0 Å². The molecule has 0 aliphatic rings. The molecule has 0 saturated heterocycles. The molecular weight excluding hydrogens is 218 g/mol. The SMILES string of the molecule is CC(C)OC(=O)OCOC(=O)C(O)CCN. The maximum atomic E-state index is 11.0. The molecule has 0 amide bonds. The van der Waals surface area contributed by atoms with Crippen molar-refractivity contribution in [3.63, 3.8) is 0 Å². The Kier molecular flexibility index (Phi) is 7.23. The predicted octanol–water partition coefficient (Wildman–Crippen LogP) is -0.242. The molecule has 94 valence electrons. The smallest absolute Gasteiger partial charge is 0.431 e. The predicted molar refractivity (Wildman–Crippen MR) is 53.3 cm³/mol. The van der Waals surface area contributed by atoms with Gasteiger partial charge in [-0.1, -0.05) is 0 Å². The van der Waals surface area contributed by atoms with Gasteiger partial charge in [0.25, 0.3) is 0 Å². The lowest BCUT2D eigenvalue weighted by molar-refractivity contribution is -0.163. The molecule has 1 unspecified atom stereocenters. The third-order valence-electron chi connectivity index (χ3n) is 1.42. The molecule has 0 aliphatic heterocycles. The first-order chi connectivity index (χ1) is 7.47. The van der Waals surface area contributed by atoms with Crippen LogP contribution in [0.25, 0.3) is 0 Å². The Labute approximate surface area is 93.5 Å². The van der Waals surface area contributed by atoms with Gasteiger partial charge in [-0.05, 0) is 26.8 Å². The van der Waals surface area contributed by atoms with Gasteiger partial charge in [-0.25, -0.2) is 9.59 Å².